The van der Waals surface area contributed by atoms with Gasteiger partial charge in [0.25, 0.3) is 5.60 Å². The van der Waals surface area contributed by atoms with Crippen LogP contribution in [0.2, 0.25) is 5.02 Å². The number of hydrogen-bond donors (Lipinski definition) is 0. The summed E-state index contributed by atoms with van der Waals surface area (Å²) >= 11 is 6.06. The lowest BCUT2D eigenvalue weighted by molar-refractivity contribution is 0.0472. The van der Waals surface area contributed by atoms with Gasteiger partial charge in [0.1, 0.15) is 17.3 Å². The van der Waals surface area contributed by atoms with Gasteiger partial charge in [-0.25, -0.2) is 9.78 Å². The number of rotatable bonds is 6. The van der Waals surface area contributed by atoms with Gasteiger partial charge in [-0.1, -0.05) is 51.7 Å². The van der Waals surface area contributed by atoms with Crippen LogP contribution in [0.5, 0.6) is 5.75 Å². The maximum absolute atomic E-state index is 13.9. The summed E-state index contributed by atoms with van der Waals surface area (Å²) in [6.07, 6.45) is 0.455. The first kappa shape index (κ1) is 23.3. The third-order valence-corrected chi connectivity index (χ3v) is 5.80. The third kappa shape index (κ3) is 4.90. The van der Waals surface area contributed by atoms with E-state index < -0.39 is 5.60 Å². The summed E-state index contributed by atoms with van der Waals surface area (Å²) in [7, 11) is 5.42. The SMILES string of the molecule is C=C1c2c(nc(Cc3cccc(OC(C)(F)P)c3)n2Cc2ccc(Cl)cc2)N(C)C(=O)N1C. The van der Waals surface area contributed by atoms with Gasteiger partial charge in [-0.05, 0) is 35.4 Å². The molecular weight excluding hydrogens is 462 g/mol. The van der Waals surface area contributed by atoms with E-state index in [1.54, 1.807) is 26.2 Å². The standard InChI is InChI=1S/C24H25ClFN4O2P/c1-15-21-22(29(4)23(31)28(15)3)27-20(30(21)14-16-8-10-18(25)11-9-16)13-17-6-5-7-19(12-17)32-24(2,26)33/h5-12H,1,13-14,33H2,2-4H3. The summed E-state index contributed by atoms with van der Waals surface area (Å²) in [6, 6.07) is 14.6. The monoisotopic (exact) mass is 486 g/mol. The average molecular weight is 487 g/mol. The van der Waals surface area contributed by atoms with Crippen LogP contribution in [0.4, 0.5) is 15.0 Å². The van der Waals surface area contributed by atoms with Gasteiger partial charge in [0, 0.05) is 39.0 Å². The van der Waals surface area contributed by atoms with Crippen molar-refractivity contribution in [3.63, 3.8) is 0 Å². The zero-order valence-corrected chi connectivity index (χ0v) is 20.6. The molecule has 9 heteroatoms. The van der Waals surface area contributed by atoms with Crippen LogP contribution in [0.1, 0.15) is 29.6 Å². The molecule has 33 heavy (non-hydrogen) atoms. The highest BCUT2D eigenvalue weighted by Gasteiger charge is 2.34. The largest absolute Gasteiger partial charge is 0.455 e. The second-order valence-corrected chi connectivity index (χ2v) is 9.64. The number of carbonyl (C=O) groups excluding carboxylic acids is 1. The lowest BCUT2D eigenvalue weighted by Crippen LogP contribution is -2.42. The lowest BCUT2D eigenvalue weighted by atomic mass is 10.1. The second-order valence-electron chi connectivity index (χ2n) is 8.17. The molecule has 0 aliphatic carbocycles. The Labute approximate surface area is 199 Å². The van der Waals surface area contributed by atoms with E-state index >= 15 is 0 Å². The van der Waals surface area contributed by atoms with E-state index in [-0.39, 0.29) is 6.03 Å². The smallest absolute Gasteiger partial charge is 0.329 e. The minimum absolute atomic E-state index is 0.201. The molecule has 0 N–H and O–H groups in total. The number of ether oxygens (including phenoxy) is 1. The third-order valence-electron chi connectivity index (χ3n) is 5.43. The highest BCUT2D eigenvalue weighted by molar-refractivity contribution is 7.18. The Hall–Kier alpha value is -2.89. The predicted octanol–water partition coefficient (Wildman–Crippen LogP) is 5.55. The summed E-state index contributed by atoms with van der Waals surface area (Å²) in [5, 5.41) is 0.659. The van der Waals surface area contributed by atoms with Gasteiger partial charge in [-0.15, -0.1) is 0 Å². The molecule has 1 aromatic heterocycles. The van der Waals surface area contributed by atoms with Gasteiger partial charge in [-0.3, -0.25) is 9.80 Å². The number of carbonyl (C=O) groups is 1. The molecule has 4 rings (SSSR count). The van der Waals surface area contributed by atoms with Crippen molar-refractivity contribution in [3.05, 3.63) is 82.8 Å². The second kappa shape index (κ2) is 8.81. The van der Waals surface area contributed by atoms with Crippen LogP contribution < -0.4 is 9.64 Å². The first-order valence-corrected chi connectivity index (χ1v) is 11.3. The van der Waals surface area contributed by atoms with Crippen molar-refractivity contribution in [2.45, 2.75) is 25.5 Å². The number of fused-ring (bicyclic) bond motifs is 1. The van der Waals surface area contributed by atoms with Crippen LogP contribution in [0, 0.1) is 0 Å². The van der Waals surface area contributed by atoms with Crippen molar-refractivity contribution in [2.75, 3.05) is 19.0 Å². The van der Waals surface area contributed by atoms with Crippen molar-refractivity contribution in [1.82, 2.24) is 14.5 Å². The zero-order chi connectivity index (χ0) is 23.9. The first-order chi connectivity index (χ1) is 15.5. The molecule has 172 valence electrons. The van der Waals surface area contributed by atoms with Crippen molar-refractivity contribution in [3.8, 4) is 5.75 Å². The minimum Gasteiger partial charge on any atom is -0.455 e. The summed E-state index contributed by atoms with van der Waals surface area (Å²) in [6.45, 7) is 5.99. The van der Waals surface area contributed by atoms with Crippen molar-refractivity contribution in [1.29, 1.82) is 0 Å². The number of aromatic nitrogens is 2. The van der Waals surface area contributed by atoms with Gasteiger partial charge >= 0.3 is 6.03 Å². The van der Waals surface area contributed by atoms with Crippen LogP contribution in [-0.4, -0.2) is 40.2 Å². The molecule has 2 amide bonds. The molecule has 3 aromatic rings. The fraction of sp³-hybridized carbons (Fsp3) is 0.250. The van der Waals surface area contributed by atoms with Crippen LogP contribution in [-0.2, 0) is 13.0 Å². The molecule has 6 nitrogen and oxygen atoms in total. The summed E-state index contributed by atoms with van der Waals surface area (Å²) in [5.41, 5.74) is 1.42. The average Bonchev–Trinajstić information content (AvgIpc) is 3.09. The van der Waals surface area contributed by atoms with E-state index in [1.165, 1.54) is 16.7 Å². The van der Waals surface area contributed by atoms with Gasteiger partial charge < -0.3 is 9.30 Å². The molecule has 0 fully saturated rings. The first-order valence-electron chi connectivity index (χ1n) is 10.3. The molecule has 2 atom stereocenters. The number of anilines is 1. The molecule has 2 heterocycles. The topological polar surface area (TPSA) is 50.6 Å². The maximum atomic E-state index is 13.9. The number of nitrogens with zero attached hydrogens (tertiary/aromatic N) is 4. The summed E-state index contributed by atoms with van der Waals surface area (Å²) < 4.78 is 21.3. The molecule has 0 bridgehead atoms. The van der Waals surface area contributed by atoms with E-state index in [9.17, 15) is 9.18 Å². The Morgan fingerprint density at radius 2 is 1.85 bits per heavy atom. The van der Waals surface area contributed by atoms with Gasteiger partial charge in [0.15, 0.2) is 5.82 Å². The Bertz CT molecular complexity index is 1220. The molecular formula is C24H25ClFN4O2P. The van der Waals surface area contributed by atoms with E-state index in [4.69, 9.17) is 21.3 Å². The number of hydrogen-bond acceptors (Lipinski definition) is 3. The molecule has 2 unspecified atom stereocenters. The quantitative estimate of drug-likeness (QED) is 0.429. The summed E-state index contributed by atoms with van der Waals surface area (Å²) in [5.74, 6) is 1.72. The number of amides is 2. The Morgan fingerprint density at radius 3 is 2.52 bits per heavy atom. The van der Waals surface area contributed by atoms with E-state index in [0.717, 1.165) is 22.6 Å². The Kier molecular flexibility index (Phi) is 6.21. The maximum Gasteiger partial charge on any atom is 0.329 e. The van der Waals surface area contributed by atoms with E-state index in [1.807, 2.05) is 45.6 Å². The normalized spacial score (nSPS) is 15.5. The molecule has 0 radical (unpaired) electrons. The molecule has 0 spiro atoms. The molecule has 1 aliphatic rings. The van der Waals surface area contributed by atoms with Crippen molar-refractivity contribution >= 4 is 38.4 Å². The van der Waals surface area contributed by atoms with Crippen LogP contribution >= 0.6 is 20.8 Å². The molecule has 1 aliphatic heterocycles. The number of halogens is 2. The summed E-state index contributed by atoms with van der Waals surface area (Å²) in [4.78, 5) is 20.5. The van der Waals surface area contributed by atoms with Crippen molar-refractivity contribution in [2.24, 2.45) is 0 Å². The fourth-order valence-corrected chi connectivity index (χ4v) is 4.07. The highest BCUT2D eigenvalue weighted by atomic mass is 35.5. The van der Waals surface area contributed by atoms with Gasteiger partial charge in [-0.2, -0.15) is 4.39 Å². The van der Waals surface area contributed by atoms with Crippen LogP contribution in [0.3, 0.4) is 0 Å². The molecule has 0 saturated heterocycles. The number of urea groups is 1. The van der Waals surface area contributed by atoms with Gasteiger partial charge in [0.2, 0.25) is 0 Å². The molecule has 0 saturated carbocycles. The Balaban J connectivity index is 1.77. The Morgan fingerprint density at radius 1 is 1.15 bits per heavy atom. The molecule has 2 aromatic carbocycles. The van der Waals surface area contributed by atoms with E-state index in [0.29, 0.717) is 35.3 Å². The number of imidazole rings is 1. The van der Waals surface area contributed by atoms with E-state index in [2.05, 4.69) is 11.1 Å². The zero-order valence-electron chi connectivity index (χ0n) is 18.7. The van der Waals surface area contributed by atoms with Crippen LogP contribution in [0.25, 0.3) is 5.70 Å². The number of alkyl halides is 1. The van der Waals surface area contributed by atoms with Crippen molar-refractivity contribution < 1.29 is 13.9 Å². The highest BCUT2D eigenvalue weighted by Crippen LogP contribution is 2.35. The van der Waals surface area contributed by atoms with Gasteiger partial charge in [0.05, 0.1) is 5.70 Å². The predicted molar refractivity (Wildman–Crippen MR) is 132 cm³/mol. The lowest BCUT2D eigenvalue weighted by Gasteiger charge is -2.32. The number of benzene rings is 2. The van der Waals surface area contributed by atoms with Crippen LogP contribution in [0.15, 0.2) is 55.1 Å². The minimum atomic E-state index is -1.86. The fourth-order valence-electron chi connectivity index (χ4n) is 3.80.